The summed E-state index contributed by atoms with van der Waals surface area (Å²) in [5.74, 6) is 0. The minimum atomic E-state index is 0. The number of rotatable bonds is 4. The fraction of sp³-hybridized carbons (Fsp3) is 1.00. The Bertz CT molecular complexity index is 139. The molecule has 4 heteroatoms. The van der Waals surface area contributed by atoms with Gasteiger partial charge in [0.2, 0.25) is 0 Å². The number of nitrogens with zero attached hydrogens (tertiary/aromatic N) is 1. The zero-order valence-electron chi connectivity index (χ0n) is 7.62. The van der Waals surface area contributed by atoms with Crippen LogP contribution in [0.4, 0.5) is 0 Å². The Morgan fingerprint density at radius 2 is 1.42 bits per heavy atom. The summed E-state index contributed by atoms with van der Waals surface area (Å²) < 4.78 is 11.4. The average Bonchev–Trinajstić information content (AvgIpc) is 2.60. The molecular weight excluding hydrogens is 178 g/mol. The van der Waals surface area contributed by atoms with Gasteiger partial charge in [-0.05, 0) is 0 Å². The normalized spacial score (nSPS) is 32.5. The van der Waals surface area contributed by atoms with Crippen molar-refractivity contribution in [3.63, 3.8) is 0 Å². The van der Waals surface area contributed by atoms with Crippen LogP contribution in [0.15, 0.2) is 0 Å². The number of epoxide rings is 2. The SMILES string of the molecule is C[N+](C)(CC1CO1)CC1CO1.[Cl-]. The molecule has 3 nitrogen and oxygen atoms in total. The quantitative estimate of drug-likeness (QED) is 0.349. The molecule has 2 fully saturated rings. The van der Waals surface area contributed by atoms with E-state index in [1.165, 1.54) is 0 Å². The van der Waals surface area contributed by atoms with Gasteiger partial charge >= 0.3 is 0 Å². The summed E-state index contributed by atoms with van der Waals surface area (Å²) in [4.78, 5) is 0. The summed E-state index contributed by atoms with van der Waals surface area (Å²) >= 11 is 0. The molecule has 0 spiro atoms. The van der Waals surface area contributed by atoms with Gasteiger partial charge in [0.25, 0.3) is 0 Å². The lowest BCUT2D eigenvalue weighted by atomic mass is 10.3. The Balaban J connectivity index is 0.000000720. The molecule has 0 N–H and O–H groups in total. The molecule has 0 aromatic carbocycles. The predicted molar refractivity (Wildman–Crippen MR) is 41.3 cm³/mol. The monoisotopic (exact) mass is 193 g/mol. The fourth-order valence-electron chi connectivity index (χ4n) is 1.52. The summed E-state index contributed by atoms with van der Waals surface area (Å²) in [6.45, 7) is 4.21. The maximum absolute atomic E-state index is 5.19. The standard InChI is InChI=1S/C8H16NO2.ClH/c1-9(2,3-7-5-10-7)4-8-6-11-8;/h7-8H,3-6H2,1-2H3;1H/q+1;/p-1. The van der Waals surface area contributed by atoms with Crippen molar-refractivity contribution in [1.29, 1.82) is 0 Å². The Labute approximate surface area is 79.6 Å². The summed E-state index contributed by atoms with van der Waals surface area (Å²) in [6, 6.07) is 0. The van der Waals surface area contributed by atoms with Gasteiger partial charge in [-0.25, -0.2) is 0 Å². The van der Waals surface area contributed by atoms with Crippen molar-refractivity contribution >= 4 is 0 Å². The van der Waals surface area contributed by atoms with Gasteiger partial charge in [-0.2, -0.15) is 0 Å². The topological polar surface area (TPSA) is 25.1 Å². The second kappa shape index (κ2) is 3.50. The first-order valence-corrected chi connectivity index (χ1v) is 4.21. The van der Waals surface area contributed by atoms with E-state index in [0.717, 1.165) is 30.8 Å². The molecule has 2 aliphatic rings. The molecule has 2 unspecified atom stereocenters. The lowest BCUT2D eigenvalue weighted by Gasteiger charge is -2.28. The highest BCUT2D eigenvalue weighted by Crippen LogP contribution is 2.18. The molecule has 0 aliphatic carbocycles. The third-order valence-corrected chi connectivity index (χ3v) is 2.20. The van der Waals surface area contributed by atoms with Crippen LogP contribution in [0.5, 0.6) is 0 Å². The van der Waals surface area contributed by atoms with Crippen LogP contribution < -0.4 is 12.4 Å². The molecule has 0 aromatic rings. The van der Waals surface area contributed by atoms with Crippen LogP contribution in [0.3, 0.4) is 0 Å². The van der Waals surface area contributed by atoms with Crippen molar-refractivity contribution in [1.82, 2.24) is 0 Å². The van der Waals surface area contributed by atoms with Gasteiger partial charge in [0.05, 0.1) is 27.3 Å². The lowest BCUT2D eigenvalue weighted by Crippen LogP contribution is -3.00. The average molecular weight is 194 g/mol. The van der Waals surface area contributed by atoms with Crippen LogP contribution >= 0.6 is 0 Å². The van der Waals surface area contributed by atoms with Gasteiger partial charge in [0.1, 0.15) is 25.3 Å². The molecule has 2 aliphatic heterocycles. The van der Waals surface area contributed by atoms with Gasteiger partial charge in [-0.3, -0.25) is 0 Å². The zero-order valence-corrected chi connectivity index (χ0v) is 8.38. The molecule has 2 atom stereocenters. The van der Waals surface area contributed by atoms with Gasteiger partial charge in [-0.15, -0.1) is 0 Å². The summed E-state index contributed by atoms with van der Waals surface area (Å²) in [6.07, 6.45) is 1.06. The molecule has 0 saturated carbocycles. The van der Waals surface area contributed by atoms with Gasteiger partial charge in [0, 0.05) is 0 Å². The number of halogens is 1. The lowest BCUT2D eigenvalue weighted by molar-refractivity contribution is -0.891. The molecule has 0 radical (unpaired) electrons. The summed E-state index contributed by atoms with van der Waals surface area (Å²) in [7, 11) is 4.48. The third-order valence-electron chi connectivity index (χ3n) is 2.20. The summed E-state index contributed by atoms with van der Waals surface area (Å²) in [5.41, 5.74) is 0. The van der Waals surface area contributed by atoms with Crippen LogP contribution in [0.25, 0.3) is 0 Å². The maximum Gasteiger partial charge on any atom is 0.130 e. The number of likely N-dealkylation sites (N-methyl/N-ethyl adjacent to an activating group) is 1. The van der Waals surface area contributed by atoms with Crippen molar-refractivity contribution in [3.8, 4) is 0 Å². The van der Waals surface area contributed by atoms with Crippen molar-refractivity contribution in [2.24, 2.45) is 0 Å². The van der Waals surface area contributed by atoms with Crippen LogP contribution in [0.1, 0.15) is 0 Å². The first-order chi connectivity index (χ1) is 5.16. The van der Waals surface area contributed by atoms with Crippen molar-refractivity contribution < 1.29 is 26.4 Å². The van der Waals surface area contributed by atoms with Gasteiger partial charge < -0.3 is 26.4 Å². The van der Waals surface area contributed by atoms with E-state index in [0.29, 0.717) is 12.2 Å². The highest BCUT2D eigenvalue weighted by Gasteiger charge is 2.36. The second-order valence-corrected chi connectivity index (χ2v) is 4.21. The van der Waals surface area contributed by atoms with E-state index in [1.54, 1.807) is 0 Å². The molecule has 0 amide bonds. The Kier molecular flexibility index (Phi) is 2.99. The number of hydrogen-bond donors (Lipinski definition) is 0. The minimum absolute atomic E-state index is 0. The molecular formula is C8H16ClNO2. The van der Waals surface area contributed by atoms with Crippen LogP contribution in [0.2, 0.25) is 0 Å². The Hall–Kier alpha value is 0.170. The molecule has 2 saturated heterocycles. The van der Waals surface area contributed by atoms with E-state index in [4.69, 9.17) is 9.47 Å². The van der Waals surface area contributed by atoms with Crippen LogP contribution in [0, 0.1) is 0 Å². The first-order valence-electron chi connectivity index (χ1n) is 4.21. The largest absolute Gasteiger partial charge is 1.00 e. The van der Waals surface area contributed by atoms with Crippen LogP contribution in [-0.4, -0.2) is 57.1 Å². The molecule has 2 heterocycles. The number of quaternary nitrogens is 1. The zero-order chi connectivity index (χ0) is 7.90. The van der Waals surface area contributed by atoms with E-state index < -0.39 is 0 Å². The summed E-state index contributed by atoms with van der Waals surface area (Å²) in [5, 5.41) is 0. The van der Waals surface area contributed by atoms with E-state index in [2.05, 4.69) is 14.1 Å². The van der Waals surface area contributed by atoms with E-state index in [1.807, 2.05) is 0 Å². The van der Waals surface area contributed by atoms with Crippen molar-refractivity contribution in [3.05, 3.63) is 0 Å². The first kappa shape index (κ1) is 10.3. The maximum atomic E-state index is 5.19. The molecule has 72 valence electrons. The number of hydrogen-bond acceptors (Lipinski definition) is 2. The third kappa shape index (κ3) is 3.27. The van der Waals surface area contributed by atoms with E-state index in [9.17, 15) is 0 Å². The Morgan fingerprint density at radius 1 is 1.08 bits per heavy atom. The predicted octanol–water partition coefficient (Wildman–Crippen LogP) is -3.14. The van der Waals surface area contributed by atoms with E-state index >= 15 is 0 Å². The smallest absolute Gasteiger partial charge is 0.130 e. The molecule has 0 aromatic heterocycles. The highest BCUT2D eigenvalue weighted by molar-refractivity contribution is 4.71. The van der Waals surface area contributed by atoms with Gasteiger partial charge in [0.15, 0.2) is 0 Å². The van der Waals surface area contributed by atoms with Crippen LogP contribution in [-0.2, 0) is 9.47 Å². The molecule has 2 rings (SSSR count). The number of ether oxygens (including phenoxy) is 2. The Morgan fingerprint density at radius 3 is 1.67 bits per heavy atom. The van der Waals surface area contributed by atoms with E-state index in [-0.39, 0.29) is 12.4 Å². The van der Waals surface area contributed by atoms with Gasteiger partial charge in [-0.1, -0.05) is 0 Å². The second-order valence-electron chi connectivity index (χ2n) is 4.21. The molecule has 0 bridgehead atoms. The van der Waals surface area contributed by atoms with Crippen molar-refractivity contribution in [2.75, 3.05) is 40.4 Å². The minimum Gasteiger partial charge on any atom is -1.00 e. The van der Waals surface area contributed by atoms with Crippen molar-refractivity contribution in [2.45, 2.75) is 12.2 Å². The fourth-order valence-corrected chi connectivity index (χ4v) is 1.52. The molecule has 12 heavy (non-hydrogen) atoms. The highest BCUT2D eigenvalue weighted by atomic mass is 35.5.